The molecule has 156 valence electrons. The molecule has 3 heterocycles. The van der Waals surface area contributed by atoms with E-state index in [0.29, 0.717) is 43.1 Å². The number of hydrogen-bond donors (Lipinski definition) is 1. The molecule has 3 rings (SSSR count). The summed E-state index contributed by atoms with van der Waals surface area (Å²) in [6.07, 6.45) is 0.945. The maximum atomic E-state index is 12.3. The van der Waals surface area contributed by atoms with Gasteiger partial charge in [0.05, 0.1) is 17.2 Å². The van der Waals surface area contributed by atoms with Crippen molar-refractivity contribution in [1.82, 2.24) is 15.2 Å². The summed E-state index contributed by atoms with van der Waals surface area (Å²) in [6.45, 7) is 4.56. The third kappa shape index (κ3) is 5.54. The van der Waals surface area contributed by atoms with E-state index in [1.807, 2.05) is 17.5 Å². The molecule has 29 heavy (non-hydrogen) atoms. The van der Waals surface area contributed by atoms with Crippen molar-refractivity contribution < 1.29 is 23.9 Å². The molecule has 10 heteroatoms. The number of likely N-dealkylation sites (tertiary alicyclic amines) is 1. The third-order valence-corrected chi connectivity index (χ3v) is 6.61. The highest BCUT2D eigenvalue weighted by Crippen LogP contribution is 2.31. The van der Waals surface area contributed by atoms with Crippen molar-refractivity contribution >= 4 is 40.6 Å². The minimum absolute atomic E-state index is 0.0533. The quantitative estimate of drug-likeness (QED) is 0.698. The van der Waals surface area contributed by atoms with Gasteiger partial charge in [-0.1, -0.05) is 6.07 Å². The number of nitrogens with one attached hydrogen (secondary N) is 1. The van der Waals surface area contributed by atoms with E-state index in [4.69, 9.17) is 9.47 Å². The van der Waals surface area contributed by atoms with Crippen LogP contribution >= 0.6 is 22.7 Å². The van der Waals surface area contributed by atoms with Gasteiger partial charge >= 0.3 is 12.1 Å². The smallest absolute Gasteiger partial charge is 0.409 e. The first kappa shape index (κ1) is 21.3. The molecule has 2 amide bonds. The lowest BCUT2D eigenvalue weighted by Gasteiger charge is -2.31. The maximum absolute atomic E-state index is 12.3. The van der Waals surface area contributed by atoms with Gasteiger partial charge in [0.25, 0.3) is 5.91 Å². The van der Waals surface area contributed by atoms with Gasteiger partial charge in [-0.15, -0.1) is 22.7 Å². The molecule has 0 atom stereocenters. The summed E-state index contributed by atoms with van der Waals surface area (Å²) in [4.78, 5) is 43.6. The maximum Gasteiger partial charge on any atom is 0.409 e. The Morgan fingerprint density at radius 1 is 1.28 bits per heavy atom. The zero-order valence-corrected chi connectivity index (χ0v) is 17.9. The molecule has 0 unspecified atom stereocenters. The monoisotopic (exact) mass is 437 g/mol. The summed E-state index contributed by atoms with van der Waals surface area (Å²) in [7, 11) is 0. The largest absolute Gasteiger partial charge is 0.451 e. The van der Waals surface area contributed by atoms with E-state index in [0.717, 1.165) is 9.88 Å². The van der Waals surface area contributed by atoms with Gasteiger partial charge in [-0.05, 0) is 38.1 Å². The van der Waals surface area contributed by atoms with Gasteiger partial charge < -0.3 is 19.7 Å². The number of piperidine rings is 1. The van der Waals surface area contributed by atoms with E-state index in [1.165, 1.54) is 11.3 Å². The van der Waals surface area contributed by atoms with Crippen LogP contribution in [0.15, 0.2) is 17.5 Å². The Morgan fingerprint density at radius 3 is 2.69 bits per heavy atom. The number of aryl methyl sites for hydroxylation is 1. The van der Waals surface area contributed by atoms with E-state index in [-0.39, 0.29) is 24.6 Å². The number of aromatic nitrogens is 1. The zero-order chi connectivity index (χ0) is 20.8. The Labute approximate surface area is 176 Å². The molecule has 1 N–H and O–H groups in total. The molecule has 0 radical (unpaired) electrons. The van der Waals surface area contributed by atoms with Crippen molar-refractivity contribution in [2.24, 2.45) is 0 Å². The summed E-state index contributed by atoms with van der Waals surface area (Å²) in [5.41, 5.74) is 0.593. The first-order valence-corrected chi connectivity index (χ1v) is 11.1. The average molecular weight is 438 g/mol. The van der Waals surface area contributed by atoms with Crippen LogP contribution in [0.3, 0.4) is 0 Å². The molecular formula is C19H23N3O5S2. The fourth-order valence-electron chi connectivity index (χ4n) is 2.98. The van der Waals surface area contributed by atoms with Crippen LogP contribution in [0.1, 0.15) is 35.1 Å². The molecule has 0 spiro atoms. The van der Waals surface area contributed by atoms with Crippen molar-refractivity contribution in [1.29, 1.82) is 0 Å². The van der Waals surface area contributed by atoms with E-state index in [2.05, 4.69) is 10.3 Å². The first-order chi connectivity index (χ1) is 14.0. The Hall–Kier alpha value is -2.46. The van der Waals surface area contributed by atoms with Gasteiger partial charge in [0.1, 0.15) is 9.88 Å². The van der Waals surface area contributed by atoms with Crippen molar-refractivity contribution in [3.63, 3.8) is 0 Å². The molecule has 1 aliphatic rings. The lowest BCUT2D eigenvalue weighted by atomic mass is 10.1. The number of nitrogens with zero attached hydrogens (tertiary/aromatic N) is 2. The Bertz CT molecular complexity index is 857. The van der Waals surface area contributed by atoms with Gasteiger partial charge in [0, 0.05) is 19.1 Å². The minimum Gasteiger partial charge on any atom is -0.451 e. The lowest BCUT2D eigenvalue weighted by Crippen LogP contribution is -2.47. The summed E-state index contributed by atoms with van der Waals surface area (Å²) in [6, 6.07) is 3.82. The van der Waals surface area contributed by atoms with Crippen LogP contribution in [0.4, 0.5) is 4.79 Å². The molecular weight excluding hydrogens is 414 g/mol. The topological polar surface area (TPSA) is 97.8 Å². The Kier molecular flexibility index (Phi) is 7.21. The second-order valence-corrected chi connectivity index (χ2v) is 8.46. The molecule has 2 aromatic heterocycles. The fraction of sp³-hybridized carbons (Fsp3) is 0.474. The van der Waals surface area contributed by atoms with Crippen LogP contribution in [-0.4, -0.2) is 60.2 Å². The van der Waals surface area contributed by atoms with Crippen molar-refractivity contribution in [3.05, 3.63) is 28.1 Å². The van der Waals surface area contributed by atoms with Gasteiger partial charge in [-0.2, -0.15) is 0 Å². The number of thiazole rings is 1. The molecule has 0 saturated carbocycles. The lowest BCUT2D eigenvalue weighted by molar-refractivity contribution is -0.125. The van der Waals surface area contributed by atoms with Crippen LogP contribution in [0.25, 0.3) is 9.88 Å². The second kappa shape index (κ2) is 9.84. The van der Waals surface area contributed by atoms with Crippen LogP contribution < -0.4 is 5.32 Å². The summed E-state index contributed by atoms with van der Waals surface area (Å²) < 4.78 is 10.2. The number of amides is 2. The number of thiophene rings is 1. The molecule has 0 aliphatic carbocycles. The highest BCUT2D eigenvalue weighted by atomic mass is 32.1. The van der Waals surface area contributed by atoms with Crippen molar-refractivity contribution in [2.45, 2.75) is 32.7 Å². The van der Waals surface area contributed by atoms with Crippen molar-refractivity contribution in [2.75, 3.05) is 26.3 Å². The van der Waals surface area contributed by atoms with E-state index in [9.17, 15) is 14.4 Å². The standard InChI is InChI=1S/C19H23N3O5S2/c1-3-26-19(25)22-8-6-13(7-9-22)21-15(23)11-27-18(24)16-12(2)20-17(29-16)14-5-4-10-28-14/h4-5,10,13H,3,6-9,11H2,1-2H3,(H,21,23). The fourth-order valence-corrected chi connectivity index (χ4v) is 4.74. The number of rotatable bonds is 6. The normalized spacial score (nSPS) is 14.5. The molecule has 1 fully saturated rings. The predicted octanol–water partition coefficient (Wildman–Crippen LogP) is 3.07. The van der Waals surface area contributed by atoms with E-state index in [1.54, 1.807) is 30.1 Å². The predicted molar refractivity (Wildman–Crippen MR) is 110 cm³/mol. The van der Waals surface area contributed by atoms with Crippen LogP contribution in [0.5, 0.6) is 0 Å². The van der Waals surface area contributed by atoms with Crippen LogP contribution in [0, 0.1) is 6.92 Å². The second-order valence-electron chi connectivity index (χ2n) is 6.51. The number of carbonyl (C=O) groups is 3. The van der Waals surface area contributed by atoms with Gasteiger partial charge in [0.15, 0.2) is 6.61 Å². The Morgan fingerprint density at radius 2 is 2.03 bits per heavy atom. The third-order valence-electron chi connectivity index (χ3n) is 4.43. The summed E-state index contributed by atoms with van der Waals surface area (Å²) in [5.74, 6) is -0.899. The number of esters is 1. The number of ether oxygens (including phenoxy) is 2. The highest BCUT2D eigenvalue weighted by Gasteiger charge is 2.25. The first-order valence-electron chi connectivity index (χ1n) is 9.37. The molecule has 0 aromatic carbocycles. The molecule has 0 bridgehead atoms. The molecule has 8 nitrogen and oxygen atoms in total. The SMILES string of the molecule is CCOC(=O)N1CCC(NC(=O)COC(=O)c2sc(-c3cccs3)nc2C)CC1. The number of hydrogen-bond acceptors (Lipinski definition) is 8. The van der Waals surface area contributed by atoms with Crippen LogP contribution in [-0.2, 0) is 14.3 Å². The van der Waals surface area contributed by atoms with Crippen LogP contribution in [0.2, 0.25) is 0 Å². The summed E-state index contributed by atoms with van der Waals surface area (Å²) >= 11 is 2.81. The highest BCUT2D eigenvalue weighted by molar-refractivity contribution is 7.22. The van der Waals surface area contributed by atoms with Gasteiger partial charge in [0.2, 0.25) is 0 Å². The summed E-state index contributed by atoms with van der Waals surface area (Å²) in [5, 5.41) is 5.57. The molecule has 1 aliphatic heterocycles. The molecule has 1 saturated heterocycles. The minimum atomic E-state index is -0.546. The number of carbonyl (C=O) groups excluding carboxylic acids is 3. The zero-order valence-electron chi connectivity index (χ0n) is 16.3. The van der Waals surface area contributed by atoms with E-state index < -0.39 is 5.97 Å². The van der Waals surface area contributed by atoms with Gasteiger partial charge in [-0.25, -0.2) is 14.6 Å². The molecule has 2 aromatic rings. The average Bonchev–Trinajstić information content (AvgIpc) is 3.36. The van der Waals surface area contributed by atoms with E-state index >= 15 is 0 Å². The van der Waals surface area contributed by atoms with Crippen molar-refractivity contribution in [3.8, 4) is 9.88 Å². The Balaban J connectivity index is 1.44. The van der Waals surface area contributed by atoms with Gasteiger partial charge in [-0.3, -0.25) is 4.79 Å².